The summed E-state index contributed by atoms with van der Waals surface area (Å²) in [5, 5.41) is 7.20. The van der Waals surface area contributed by atoms with Gasteiger partial charge in [-0.2, -0.15) is 0 Å². The Bertz CT molecular complexity index is 1010. The summed E-state index contributed by atoms with van der Waals surface area (Å²) in [7, 11) is 1.35. The van der Waals surface area contributed by atoms with Gasteiger partial charge in [-0.15, -0.1) is 0 Å². The lowest BCUT2D eigenvalue weighted by Gasteiger charge is -2.36. The van der Waals surface area contributed by atoms with Crippen LogP contribution in [0.5, 0.6) is 0 Å². The lowest BCUT2D eigenvalue weighted by atomic mass is 9.75. The summed E-state index contributed by atoms with van der Waals surface area (Å²) in [5.74, 6) is -0.757. The van der Waals surface area contributed by atoms with Crippen LogP contribution in [0.15, 0.2) is 12.3 Å². The molecule has 1 aliphatic carbocycles. The predicted molar refractivity (Wildman–Crippen MR) is 124 cm³/mol. The number of fused-ring (bicyclic) bond motifs is 1. The van der Waals surface area contributed by atoms with Crippen LogP contribution in [0, 0.1) is 5.41 Å². The van der Waals surface area contributed by atoms with Crippen LogP contribution >= 0.6 is 0 Å². The monoisotopic (exact) mass is 442 g/mol. The lowest BCUT2D eigenvalue weighted by molar-refractivity contribution is -0.114. The van der Waals surface area contributed by atoms with Crippen LogP contribution in [-0.2, 0) is 20.8 Å². The predicted octanol–water partition coefficient (Wildman–Crippen LogP) is 4.34. The second-order valence-corrected chi connectivity index (χ2v) is 9.84. The van der Waals surface area contributed by atoms with E-state index in [2.05, 4.69) is 24.5 Å². The second kappa shape index (κ2) is 9.10. The fraction of sp³-hybridized carbons (Fsp3) is 0.625. The summed E-state index contributed by atoms with van der Waals surface area (Å²) in [6.45, 7) is 7.26. The van der Waals surface area contributed by atoms with Gasteiger partial charge in [-0.1, -0.05) is 20.3 Å². The number of carbonyl (C=O) groups is 2. The Balaban J connectivity index is 1.75. The Morgan fingerprint density at radius 2 is 2.12 bits per heavy atom. The van der Waals surface area contributed by atoms with Gasteiger partial charge in [0.2, 0.25) is 5.91 Å². The number of nitrogens with zero attached hydrogens (tertiary/aromatic N) is 2. The van der Waals surface area contributed by atoms with Crippen molar-refractivity contribution < 1.29 is 19.1 Å². The van der Waals surface area contributed by atoms with Crippen molar-refractivity contribution in [3.8, 4) is 0 Å². The summed E-state index contributed by atoms with van der Waals surface area (Å²) >= 11 is 0. The summed E-state index contributed by atoms with van der Waals surface area (Å²) in [5.41, 5.74) is 2.59. The molecule has 1 saturated carbocycles. The number of pyridine rings is 1. The van der Waals surface area contributed by atoms with Crippen molar-refractivity contribution in [1.82, 2.24) is 9.55 Å². The van der Waals surface area contributed by atoms with Crippen molar-refractivity contribution >= 4 is 34.3 Å². The molecule has 0 unspecified atom stereocenters. The lowest BCUT2D eigenvalue weighted by Crippen LogP contribution is -2.31. The molecule has 2 aromatic heterocycles. The molecule has 3 heterocycles. The number of rotatable bonds is 6. The third-order valence-electron chi connectivity index (χ3n) is 6.56. The molecule has 2 aliphatic rings. The highest BCUT2D eigenvalue weighted by Gasteiger charge is 2.30. The molecule has 0 bridgehead atoms. The van der Waals surface area contributed by atoms with E-state index in [1.165, 1.54) is 26.9 Å². The van der Waals surface area contributed by atoms with Crippen molar-refractivity contribution in [3.05, 3.63) is 18.0 Å². The molecule has 1 amide bonds. The Morgan fingerprint density at radius 1 is 1.31 bits per heavy atom. The molecule has 1 aliphatic heterocycles. The first-order valence-corrected chi connectivity index (χ1v) is 11.5. The van der Waals surface area contributed by atoms with Crippen molar-refractivity contribution in [2.75, 3.05) is 24.4 Å². The third-order valence-corrected chi connectivity index (χ3v) is 6.56. The molecule has 0 aromatic carbocycles. The molecule has 4 rings (SSSR count). The zero-order valence-corrected chi connectivity index (χ0v) is 19.5. The maximum absolute atomic E-state index is 12.8. The van der Waals surface area contributed by atoms with Crippen molar-refractivity contribution in [2.45, 2.75) is 78.0 Å². The van der Waals surface area contributed by atoms with Gasteiger partial charge in [0.1, 0.15) is 5.65 Å². The number of esters is 1. The van der Waals surface area contributed by atoms with Gasteiger partial charge in [0.25, 0.3) is 0 Å². The van der Waals surface area contributed by atoms with Crippen LogP contribution in [0.2, 0.25) is 0 Å². The molecule has 2 fully saturated rings. The van der Waals surface area contributed by atoms with Gasteiger partial charge >= 0.3 is 5.97 Å². The molecule has 1 saturated heterocycles. The van der Waals surface area contributed by atoms with Crippen LogP contribution in [0.4, 0.5) is 11.4 Å². The maximum atomic E-state index is 12.8. The minimum absolute atomic E-state index is 0.00301. The van der Waals surface area contributed by atoms with Gasteiger partial charge in [-0.3, -0.25) is 4.79 Å². The number of hydrogen-bond donors (Lipinski definition) is 2. The molecule has 2 aromatic rings. The summed E-state index contributed by atoms with van der Waals surface area (Å²) < 4.78 is 12.7. The molecule has 8 heteroatoms. The second-order valence-electron chi connectivity index (χ2n) is 9.84. The number of ether oxygens (including phenoxy) is 2. The molecule has 174 valence electrons. The molecule has 2 N–H and O–H groups in total. The van der Waals surface area contributed by atoms with Crippen molar-refractivity contribution in [1.29, 1.82) is 0 Å². The Labute approximate surface area is 189 Å². The Kier molecular flexibility index (Phi) is 6.42. The first-order valence-electron chi connectivity index (χ1n) is 11.5. The SMILES string of the molecule is COC(=O)c1c(NC(C)=O)c2cc(N[C@H]3CCCC(C)(C)C3)cnc2n1C[C@@H]1CCCO1. The Morgan fingerprint density at radius 3 is 2.78 bits per heavy atom. The molecular weight excluding hydrogens is 408 g/mol. The van der Waals surface area contributed by atoms with Gasteiger partial charge < -0.3 is 24.7 Å². The summed E-state index contributed by atoms with van der Waals surface area (Å²) in [4.78, 5) is 29.5. The van der Waals surface area contributed by atoms with Gasteiger partial charge in [0.15, 0.2) is 5.69 Å². The van der Waals surface area contributed by atoms with E-state index in [-0.39, 0.29) is 12.0 Å². The minimum Gasteiger partial charge on any atom is -0.464 e. The fourth-order valence-corrected chi connectivity index (χ4v) is 5.14. The number of amides is 1. The van der Waals surface area contributed by atoms with Crippen LogP contribution in [-0.4, -0.2) is 47.3 Å². The van der Waals surface area contributed by atoms with Crippen molar-refractivity contribution in [3.63, 3.8) is 0 Å². The fourth-order valence-electron chi connectivity index (χ4n) is 5.14. The number of methoxy groups -OCH3 is 1. The number of nitrogens with one attached hydrogen (secondary N) is 2. The average molecular weight is 443 g/mol. The van der Waals surface area contributed by atoms with E-state index in [1.807, 2.05) is 16.8 Å². The molecule has 32 heavy (non-hydrogen) atoms. The quantitative estimate of drug-likeness (QED) is 0.646. The molecule has 0 radical (unpaired) electrons. The van der Waals surface area contributed by atoms with E-state index in [0.717, 1.165) is 43.4 Å². The number of anilines is 2. The molecule has 0 spiro atoms. The smallest absolute Gasteiger partial charge is 0.356 e. The topological polar surface area (TPSA) is 94.5 Å². The Hall–Kier alpha value is -2.61. The molecule has 8 nitrogen and oxygen atoms in total. The highest BCUT2D eigenvalue weighted by atomic mass is 16.5. The largest absolute Gasteiger partial charge is 0.464 e. The van der Waals surface area contributed by atoms with Crippen LogP contribution in [0.25, 0.3) is 11.0 Å². The molecular formula is C24H34N4O4. The van der Waals surface area contributed by atoms with E-state index in [0.29, 0.717) is 35.0 Å². The summed E-state index contributed by atoms with van der Waals surface area (Å²) in [6, 6.07) is 2.35. The average Bonchev–Trinajstić information content (AvgIpc) is 3.33. The maximum Gasteiger partial charge on any atom is 0.356 e. The highest BCUT2D eigenvalue weighted by Crippen LogP contribution is 2.38. The summed E-state index contributed by atoms with van der Waals surface area (Å²) in [6.07, 6.45) is 8.38. The first kappa shape index (κ1) is 22.6. The van der Waals surface area contributed by atoms with E-state index < -0.39 is 5.97 Å². The third kappa shape index (κ3) is 4.75. The first-order chi connectivity index (χ1) is 15.3. The van der Waals surface area contributed by atoms with Gasteiger partial charge in [-0.25, -0.2) is 9.78 Å². The van der Waals surface area contributed by atoms with Crippen molar-refractivity contribution in [2.24, 2.45) is 5.41 Å². The van der Waals surface area contributed by atoms with Gasteiger partial charge in [-0.05, 0) is 43.6 Å². The normalized spacial score (nSPS) is 22.6. The van der Waals surface area contributed by atoms with Crippen LogP contribution in [0.3, 0.4) is 0 Å². The van der Waals surface area contributed by atoms with Crippen LogP contribution < -0.4 is 10.6 Å². The zero-order chi connectivity index (χ0) is 22.9. The number of hydrogen-bond acceptors (Lipinski definition) is 6. The van der Waals surface area contributed by atoms with E-state index >= 15 is 0 Å². The van der Waals surface area contributed by atoms with E-state index in [4.69, 9.17) is 14.5 Å². The minimum atomic E-state index is -0.506. The number of carbonyl (C=O) groups excluding carboxylic acids is 2. The zero-order valence-electron chi connectivity index (χ0n) is 19.5. The van der Waals surface area contributed by atoms with E-state index in [1.54, 1.807) is 0 Å². The van der Waals surface area contributed by atoms with Gasteiger partial charge in [0.05, 0.1) is 37.3 Å². The van der Waals surface area contributed by atoms with Gasteiger partial charge in [0, 0.05) is 25.0 Å². The standard InChI is InChI=1S/C24H34N4O4/c1-15(29)26-20-19-11-17(27-16-7-5-9-24(2,3)12-16)13-25-22(19)28(21(20)23(30)31-4)14-18-8-6-10-32-18/h11,13,16,18,27H,5-10,12,14H2,1-4H3,(H,26,29)/t16-,18-/m0/s1. The van der Waals surface area contributed by atoms with Crippen LogP contribution in [0.1, 0.15) is 69.8 Å². The highest BCUT2D eigenvalue weighted by molar-refractivity contribution is 6.11. The van der Waals surface area contributed by atoms with E-state index in [9.17, 15) is 9.59 Å². The molecule has 2 atom stereocenters. The number of aromatic nitrogens is 2.